The van der Waals surface area contributed by atoms with Gasteiger partial charge in [0, 0.05) is 6.42 Å². The van der Waals surface area contributed by atoms with Crippen molar-refractivity contribution in [2.24, 2.45) is 5.92 Å². The van der Waals surface area contributed by atoms with Crippen LogP contribution in [-0.4, -0.2) is 22.5 Å². The Labute approximate surface area is 108 Å². The van der Waals surface area contributed by atoms with Crippen molar-refractivity contribution in [3.05, 3.63) is 11.4 Å². The smallest absolute Gasteiger partial charge is 0.316 e. The van der Waals surface area contributed by atoms with Gasteiger partial charge in [0.25, 0.3) is 0 Å². The van der Waals surface area contributed by atoms with Gasteiger partial charge in [-0.2, -0.15) is 9.97 Å². The molecule has 5 heteroatoms. The Hall–Kier alpha value is -1.65. The Morgan fingerprint density at radius 2 is 1.83 bits per heavy atom. The van der Waals surface area contributed by atoms with Crippen LogP contribution in [0.4, 0.5) is 5.69 Å². The Balaban J connectivity index is 2.86. The molecule has 1 heterocycles. The van der Waals surface area contributed by atoms with Crippen molar-refractivity contribution >= 4 is 11.6 Å². The average Bonchev–Trinajstić information content (AvgIpc) is 2.23. The zero-order chi connectivity index (χ0) is 13.7. The van der Waals surface area contributed by atoms with E-state index in [1.54, 1.807) is 0 Å². The molecule has 0 aliphatic heterocycles. The maximum absolute atomic E-state index is 11.7. The molecule has 18 heavy (non-hydrogen) atoms. The summed E-state index contributed by atoms with van der Waals surface area (Å²) >= 11 is 0. The van der Waals surface area contributed by atoms with Gasteiger partial charge < -0.3 is 10.1 Å². The second-order valence-corrected chi connectivity index (χ2v) is 4.63. The molecule has 1 amide bonds. The van der Waals surface area contributed by atoms with Gasteiger partial charge >= 0.3 is 6.01 Å². The Morgan fingerprint density at radius 1 is 1.28 bits per heavy atom. The van der Waals surface area contributed by atoms with Crippen LogP contribution in [0.5, 0.6) is 6.01 Å². The minimum atomic E-state index is -0.0102. The minimum absolute atomic E-state index is 0.0102. The number of ether oxygens (including phenoxy) is 1. The van der Waals surface area contributed by atoms with Crippen LogP contribution < -0.4 is 10.1 Å². The third-order valence-electron chi connectivity index (χ3n) is 2.38. The number of hydrogen-bond donors (Lipinski definition) is 1. The number of nitrogens with zero attached hydrogens (tertiary/aromatic N) is 2. The lowest BCUT2D eigenvalue weighted by Gasteiger charge is -2.12. The SMILES string of the molecule is CCOc1nc(C)c(NC(=O)CC(C)C)c(C)n1. The highest BCUT2D eigenvalue weighted by Gasteiger charge is 2.12. The first-order valence-electron chi connectivity index (χ1n) is 6.21. The van der Waals surface area contributed by atoms with Crippen LogP contribution in [0.1, 0.15) is 38.6 Å². The fourth-order valence-corrected chi connectivity index (χ4v) is 1.62. The summed E-state index contributed by atoms with van der Waals surface area (Å²) in [5.74, 6) is 0.318. The number of rotatable bonds is 5. The third-order valence-corrected chi connectivity index (χ3v) is 2.38. The van der Waals surface area contributed by atoms with E-state index < -0.39 is 0 Å². The largest absolute Gasteiger partial charge is 0.464 e. The summed E-state index contributed by atoms with van der Waals surface area (Å²) in [4.78, 5) is 20.2. The Bertz CT molecular complexity index is 407. The highest BCUT2D eigenvalue weighted by molar-refractivity contribution is 5.91. The minimum Gasteiger partial charge on any atom is -0.464 e. The fourth-order valence-electron chi connectivity index (χ4n) is 1.62. The van der Waals surface area contributed by atoms with E-state index in [-0.39, 0.29) is 5.91 Å². The molecule has 0 saturated carbocycles. The quantitative estimate of drug-likeness (QED) is 0.873. The zero-order valence-corrected chi connectivity index (χ0v) is 11.7. The molecule has 0 spiro atoms. The lowest BCUT2D eigenvalue weighted by molar-refractivity contribution is -0.116. The van der Waals surface area contributed by atoms with E-state index in [1.165, 1.54) is 0 Å². The van der Waals surface area contributed by atoms with Crippen molar-refractivity contribution in [3.8, 4) is 6.01 Å². The molecule has 1 aromatic heterocycles. The van der Waals surface area contributed by atoms with Gasteiger partial charge in [0.1, 0.15) is 0 Å². The molecule has 0 bridgehead atoms. The van der Waals surface area contributed by atoms with Crippen LogP contribution in [0.25, 0.3) is 0 Å². The zero-order valence-electron chi connectivity index (χ0n) is 11.7. The predicted octanol–water partition coefficient (Wildman–Crippen LogP) is 2.48. The molecule has 5 nitrogen and oxygen atoms in total. The number of aromatic nitrogens is 2. The predicted molar refractivity (Wildman–Crippen MR) is 70.8 cm³/mol. The first-order valence-corrected chi connectivity index (χ1v) is 6.21. The molecule has 100 valence electrons. The van der Waals surface area contributed by atoms with Crippen molar-refractivity contribution in [1.82, 2.24) is 9.97 Å². The van der Waals surface area contributed by atoms with Crippen molar-refractivity contribution in [1.29, 1.82) is 0 Å². The van der Waals surface area contributed by atoms with Crippen LogP contribution in [0, 0.1) is 19.8 Å². The van der Waals surface area contributed by atoms with Crippen LogP contribution in [0.15, 0.2) is 0 Å². The number of carbonyl (C=O) groups excluding carboxylic acids is 1. The molecule has 0 radical (unpaired) electrons. The molecule has 0 fully saturated rings. The Kier molecular flexibility index (Phi) is 5.07. The number of hydrogen-bond acceptors (Lipinski definition) is 4. The lowest BCUT2D eigenvalue weighted by atomic mass is 10.1. The van der Waals surface area contributed by atoms with Crippen LogP contribution in [0.2, 0.25) is 0 Å². The van der Waals surface area contributed by atoms with Gasteiger partial charge in [-0.15, -0.1) is 0 Å². The molecular weight excluding hydrogens is 230 g/mol. The monoisotopic (exact) mass is 251 g/mol. The van der Waals surface area contributed by atoms with Crippen LogP contribution >= 0.6 is 0 Å². The van der Waals surface area contributed by atoms with E-state index in [4.69, 9.17) is 4.74 Å². The maximum Gasteiger partial charge on any atom is 0.316 e. The number of nitrogens with one attached hydrogen (secondary N) is 1. The van der Waals surface area contributed by atoms with Crippen molar-refractivity contribution < 1.29 is 9.53 Å². The van der Waals surface area contributed by atoms with Gasteiger partial charge in [-0.1, -0.05) is 13.8 Å². The van der Waals surface area contributed by atoms with Gasteiger partial charge in [-0.25, -0.2) is 0 Å². The first-order chi connectivity index (χ1) is 8.43. The lowest BCUT2D eigenvalue weighted by Crippen LogP contribution is -2.17. The van der Waals surface area contributed by atoms with E-state index in [1.807, 2.05) is 34.6 Å². The second-order valence-electron chi connectivity index (χ2n) is 4.63. The number of carbonyl (C=O) groups is 1. The molecule has 1 N–H and O–H groups in total. The third kappa shape index (κ3) is 3.98. The highest BCUT2D eigenvalue weighted by atomic mass is 16.5. The average molecular weight is 251 g/mol. The number of anilines is 1. The molecule has 0 aliphatic carbocycles. The summed E-state index contributed by atoms with van der Waals surface area (Å²) in [7, 11) is 0. The summed E-state index contributed by atoms with van der Waals surface area (Å²) < 4.78 is 5.26. The summed E-state index contributed by atoms with van der Waals surface area (Å²) in [6, 6.07) is 0.356. The van der Waals surface area contributed by atoms with E-state index >= 15 is 0 Å². The van der Waals surface area contributed by atoms with Gasteiger partial charge in [-0.3, -0.25) is 4.79 Å². The summed E-state index contributed by atoms with van der Waals surface area (Å²) in [5, 5.41) is 2.86. The van der Waals surface area contributed by atoms with E-state index in [2.05, 4.69) is 15.3 Å². The number of amides is 1. The van der Waals surface area contributed by atoms with Crippen LogP contribution in [0.3, 0.4) is 0 Å². The van der Waals surface area contributed by atoms with E-state index in [9.17, 15) is 4.79 Å². The second kappa shape index (κ2) is 6.33. The summed E-state index contributed by atoms with van der Waals surface area (Å²) in [5.41, 5.74) is 2.13. The molecule has 0 saturated heterocycles. The van der Waals surface area contributed by atoms with Gasteiger partial charge in [-0.05, 0) is 26.7 Å². The number of aryl methyl sites for hydroxylation is 2. The van der Waals surface area contributed by atoms with Crippen molar-refractivity contribution in [2.45, 2.75) is 41.0 Å². The molecule has 0 aromatic carbocycles. The first kappa shape index (κ1) is 14.4. The van der Waals surface area contributed by atoms with E-state index in [0.29, 0.717) is 30.6 Å². The normalized spacial score (nSPS) is 10.6. The van der Waals surface area contributed by atoms with Crippen molar-refractivity contribution in [3.63, 3.8) is 0 Å². The highest BCUT2D eigenvalue weighted by Crippen LogP contribution is 2.20. The standard InChI is InChI=1S/C13H21N3O2/c1-6-18-13-14-9(4)12(10(5)15-13)16-11(17)7-8(2)3/h8H,6-7H2,1-5H3,(H,16,17). The van der Waals surface area contributed by atoms with Gasteiger partial charge in [0.15, 0.2) is 0 Å². The van der Waals surface area contributed by atoms with Crippen LogP contribution in [-0.2, 0) is 4.79 Å². The van der Waals surface area contributed by atoms with E-state index in [0.717, 1.165) is 11.4 Å². The molecule has 1 aromatic rings. The van der Waals surface area contributed by atoms with Crippen molar-refractivity contribution in [2.75, 3.05) is 11.9 Å². The molecular formula is C13H21N3O2. The maximum atomic E-state index is 11.7. The molecule has 0 aliphatic rings. The van der Waals surface area contributed by atoms with Gasteiger partial charge in [0.2, 0.25) is 5.91 Å². The molecule has 0 atom stereocenters. The molecule has 1 rings (SSSR count). The topological polar surface area (TPSA) is 64.1 Å². The van der Waals surface area contributed by atoms with Gasteiger partial charge in [0.05, 0.1) is 23.7 Å². The summed E-state index contributed by atoms with van der Waals surface area (Å²) in [6.45, 7) is 10.1. The molecule has 0 unspecified atom stereocenters. The fraction of sp³-hybridized carbons (Fsp3) is 0.615. The summed E-state index contributed by atoms with van der Waals surface area (Å²) in [6.07, 6.45) is 0.492. The Morgan fingerprint density at radius 3 is 2.28 bits per heavy atom.